The fourth-order valence-electron chi connectivity index (χ4n) is 1.64. The van der Waals surface area contributed by atoms with E-state index in [0.29, 0.717) is 6.07 Å². The zero-order chi connectivity index (χ0) is 17.4. The van der Waals surface area contributed by atoms with Crippen LogP contribution in [0.5, 0.6) is 0 Å². The Morgan fingerprint density at radius 3 is 2.65 bits per heavy atom. The fourth-order valence-corrected chi connectivity index (χ4v) is 3.00. The van der Waals surface area contributed by atoms with Crippen molar-refractivity contribution in [1.29, 1.82) is 0 Å². The van der Waals surface area contributed by atoms with E-state index in [2.05, 4.69) is 26.3 Å². The first-order valence-electron chi connectivity index (χ1n) is 5.94. The van der Waals surface area contributed by atoms with Gasteiger partial charge < -0.3 is 5.32 Å². The molecule has 0 saturated heterocycles. The molecule has 6 nitrogen and oxygen atoms in total. The number of benzene rings is 1. The predicted molar refractivity (Wildman–Crippen MR) is 84.1 cm³/mol. The van der Waals surface area contributed by atoms with Crippen LogP contribution in [0.4, 0.5) is 14.5 Å². The van der Waals surface area contributed by atoms with E-state index >= 15 is 0 Å². The second kappa shape index (κ2) is 6.54. The van der Waals surface area contributed by atoms with Crippen LogP contribution in [0.3, 0.4) is 0 Å². The topological polar surface area (TPSA) is 81.1 Å². The Morgan fingerprint density at radius 2 is 2.09 bits per heavy atom. The molecule has 0 fully saturated rings. The maximum atomic E-state index is 13.5. The highest BCUT2D eigenvalue weighted by atomic mass is 79.9. The van der Waals surface area contributed by atoms with Crippen LogP contribution in [0.25, 0.3) is 0 Å². The van der Waals surface area contributed by atoms with Crippen molar-refractivity contribution in [2.24, 2.45) is 0 Å². The summed E-state index contributed by atoms with van der Waals surface area (Å²) in [5, 5.41) is 5.89. The van der Waals surface area contributed by atoms with Crippen LogP contribution in [0.1, 0.15) is 10.5 Å². The van der Waals surface area contributed by atoms with E-state index in [1.165, 1.54) is 0 Å². The normalized spacial score (nSPS) is 11.5. The summed E-state index contributed by atoms with van der Waals surface area (Å²) in [5.41, 5.74) is -0.487. The van der Waals surface area contributed by atoms with Gasteiger partial charge in [0.15, 0.2) is 15.5 Å². The summed E-state index contributed by atoms with van der Waals surface area (Å²) in [7, 11) is -3.44. The molecular formula is C12H9BrClF2N3O3S. The third-order valence-corrected chi connectivity index (χ3v) is 4.66. The number of aromatic nitrogens is 2. The monoisotopic (exact) mass is 427 g/mol. The molecule has 1 aromatic heterocycles. The minimum atomic E-state index is -3.44. The molecule has 0 spiro atoms. The molecule has 2 rings (SSSR count). The molecule has 0 saturated carbocycles. The lowest BCUT2D eigenvalue weighted by Crippen LogP contribution is -2.16. The molecular weight excluding hydrogens is 420 g/mol. The van der Waals surface area contributed by atoms with Crippen molar-refractivity contribution >= 4 is 49.0 Å². The summed E-state index contributed by atoms with van der Waals surface area (Å²) >= 11 is 8.93. The first kappa shape index (κ1) is 17.8. The van der Waals surface area contributed by atoms with Crippen LogP contribution in [-0.2, 0) is 15.7 Å². The van der Waals surface area contributed by atoms with Gasteiger partial charge in [-0.3, -0.25) is 4.79 Å². The van der Waals surface area contributed by atoms with Gasteiger partial charge in [-0.1, -0.05) is 11.6 Å². The quantitative estimate of drug-likeness (QED) is 0.812. The first-order valence-corrected chi connectivity index (χ1v) is 9.17. The third-order valence-electron chi connectivity index (χ3n) is 2.59. The van der Waals surface area contributed by atoms with Gasteiger partial charge in [-0.05, 0) is 28.1 Å². The standard InChI is InChI=1S/C12H9BrClF2N3O3S/c1-23(21,22)5-19-11(14)9(13)10(18-19)12(20)17-8-3-2-6(15)4-7(8)16/h2-4H,5H2,1H3,(H,17,20). The zero-order valence-corrected chi connectivity index (χ0v) is 14.6. The predicted octanol–water partition coefficient (Wildman–Crippen LogP) is 2.83. The summed E-state index contributed by atoms with van der Waals surface area (Å²) in [5.74, 6) is -3.11. The van der Waals surface area contributed by atoms with E-state index in [4.69, 9.17) is 11.6 Å². The molecule has 124 valence electrons. The van der Waals surface area contributed by atoms with Crippen molar-refractivity contribution in [2.75, 3.05) is 11.6 Å². The van der Waals surface area contributed by atoms with Crippen LogP contribution < -0.4 is 5.32 Å². The Morgan fingerprint density at radius 1 is 1.43 bits per heavy atom. The highest BCUT2D eigenvalue weighted by molar-refractivity contribution is 9.10. The van der Waals surface area contributed by atoms with E-state index in [9.17, 15) is 22.0 Å². The Bertz CT molecular complexity index is 886. The molecule has 1 amide bonds. The molecule has 0 aliphatic carbocycles. The average molecular weight is 429 g/mol. The Labute approximate surface area is 143 Å². The SMILES string of the molecule is CS(=O)(=O)Cn1nc(C(=O)Nc2ccc(F)cc2F)c(Br)c1Cl. The summed E-state index contributed by atoms with van der Waals surface area (Å²) < 4.78 is 49.9. The van der Waals surface area contributed by atoms with Gasteiger partial charge in [0.05, 0.1) is 10.2 Å². The number of nitrogens with one attached hydrogen (secondary N) is 1. The first-order chi connectivity index (χ1) is 10.6. The number of amides is 1. The van der Waals surface area contributed by atoms with Crippen molar-refractivity contribution in [3.63, 3.8) is 0 Å². The van der Waals surface area contributed by atoms with Gasteiger partial charge in [0.2, 0.25) is 0 Å². The fraction of sp³-hybridized carbons (Fsp3) is 0.167. The average Bonchev–Trinajstić information content (AvgIpc) is 2.68. The minimum Gasteiger partial charge on any atom is -0.318 e. The summed E-state index contributed by atoms with van der Waals surface area (Å²) in [6.45, 7) is 0. The molecule has 1 heterocycles. The molecule has 0 unspecified atom stereocenters. The molecule has 0 aliphatic rings. The van der Waals surface area contributed by atoms with Gasteiger partial charge in [-0.2, -0.15) is 5.10 Å². The second-order valence-electron chi connectivity index (χ2n) is 4.59. The van der Waals surface area contributed by atoms with E-state index in [0.717, 1.165) is 23.1 Å². The summed E-state index contributed by atoms with van der Waals surface area (Å²) in [4.78, 5) is 12.1. The van der Waals surface area contributed by atoms with Crippen molar-refractivity contribution in [2.45, 2.75) is 5.88 Å². The number of nitrogens with zero attached hydrogens (tertiary/aromatic N) is 2. The molecule has 0 aliphatic heterocycles. The number of hydrogen-bond donors (Lipinski definition) is 1. The third kappa shape index (κ3) is 4.27. The van der Waals surface area contributed by atoms with Crippen molar-refractivity contribution in [3.05, 3.63) is 45.2 Å². The highest BCUT2D eigenvalue weighted by Crippen LogP contribution is 2.27. The molecule has 1 aromatic carbocycles. The molecule has 0 atom stereocenters. The van der Waals surface area contributed by atoms with Crippen LogP contribution >= 0.6 is 27.5 Å². The summed E-state index contributed by atoms with van der Waals surface area (Å²) in [6.07, 6.45) is 0.979. The molecule has 2 aromatic rings. The largest absolute Gasteiger partial charge is 0.318 e. The molecule has 1 N–H and O–H groups in total. The second-order valence-corrected chi connectivity index (χ2v) is 7.85. The number of sulfone groups is 1. The molecule has 0 radical (unpaired) electrons. The van der Waals surface area contributed by atoms with Gasteiger partial charge in [-0.15, -0.1) is 0 Å². The molecule has 11 heteroatoms. The van der Waals surface area contributed by atoms with E-state index < -0.39 is 33.3 Å². The Hall–Kier alpha value is -1.52. The minimum absolute atomic E-state index is 0.0582. The summed E-state index contributed by atoms with van der Waals surface area (Å²) in [6, 6.07) is 2.63. The van der Waals surface area contributed by atoms with Crippen LogP contribution in [0, 0.1) is 11.6 Å². The zero-order valence-electron chi connectivity index (χ0n) is 11.5. The maximum absolute atomic E-state index is 13.5. The molecule has 0 bridgehead atoms. The van der Waals surface area contributed by atoms with Crippen LogP contribution in [0.15, 0.2) is 22.7 Å². The lowest BCUT2D eigenvalue weighted by atomic mass is 10.3. The smallest absolute Gasteiger partial charge is 0.277 e. The maximum Gasteiger partial charge on any atom is 0.277 e. The van der Waals surface area contributed by atoms with Gasteiger partial charge in [-0.25, -0.2) is 21.9 Å². The van der Waals surface area contributed by atoms with Crippen LogP contribution in [-0.4, -0.2) is 30.4 Å². The number of carbonyl (C=O) groups excluding carboxylic acids is 1. The Balaban J connectivity index is 2.31. The molecule has 23 heavy (non-hydrogen) atoms. The Kier molecular flexibility index (Phi) is 5.07. The van der Waals surface area contributed by atoms with Crippen molar-refractivity contribution in [3.8, 4) is 0 Å². The van der Waals surface area contributed by atoms with Gasteiger partial charge in [0.25, 0.3) is 5.91 Å². The number of halogens is 4. The lowest BCUT2D eigenvalue weighted by Gasteiger charge is -2.05. The number of hydrogen-bond acceptors (Lipinski definition) is 4. The van der Waals surface area contributed by atoms with Gasteiger partial charge >= 0.3 is 0 Å². The van der Waals surface area contributed by atoms with E-state index in [-0.39, 0.29) is 21.0 Å². The van der Waals surface area contributed by atoms with Crippen LogP contribution in [0.2, 0.25) is 5.15 Å². The number of anilines is 1. The number of carbonyl (C=O) groups is 1. The highest BCUT2D eigenvalue weighted by Gasteiger charge is 2.22. The van der Waals surface area contributed by atoms with E-state index in [1.807, 2.05) is 0 Å². The van der Waals surface area contributed by atoms with E-state index in [1.54, 1.807) is 0 Å². The van der Waals surface area contributed by atoms with Gasteiger partial charge in [0, 0.05) is 12.3 Å². The van der Waals surface area contributed by atoms with Gasteiger partial charge in [0.1, 0.15) is 22.7 Å². The number of rotatable bonds is 4. The lowest BCUT2D eigenvalue weighted by molar-refractivity contribution is 0.102. The van der Waals surface area contributed by atoms with Crippen molar-refractivity contribution < 1.29 is 22.0 Å². The van der Waals surface area contributed by atoms with Crippen molar-refractivity contribution in [1.82, 2.24) is 9.78 Å².